The molecule has 1 saturated heterocycles. The van der Waals surface area contributed by atoms with Crippen molar-refractivity contribution < 1.29 is 4.79 Å². The number of primary amides is 1. The molecule has 1 aromatic heterocycles. The summed E-state index contributed by atoms with van der Waals surface area (Å²) in [5.74, 6) is 0.103. The number of benzene rings is 2. The summed E-state index contributed by atoms with van der Waals surface area (Å²) in [5, 5.41) is 0. The van der Waals surface area contributed by atoms with E-state index in [0.717, 1.165) is 37.2 Å². The molecule has 2 N–H and O–H groups in total. The van der Waals surface area contributed by atoms with Gasteiger partial charge in [-0.2, -0.15) is 0 Å². The first-order valence-electron chi connectivity index (χ1n) is 10.4. The number of amides is 1. The minimum Gasteiger partial charge on any atom is -0.366 e. The van der Waals surface area contributed by atoms with E-state index in [9.17, 15) is 4.79 Å². The maximum absolute atomic E-state index is 11.6. The summed E-state index contributed by atoms with van der Waals surface area (Å²) < 4.78 is 0. The van der Waals surface area contributed by atoms with Crippen LogP contribution in [0.4, 0.5) is 0 Å². The van der Waals surface area contributed by atoms with Gasteiger partial charge >= 0.3 is 0 Å². The van der Waals surface area contributed by atoms with Crippen molar-refractivity contribution in [2.75, 3.05) is 13.1 Å². The van der Waals surface area contributed by atoms with Gasteiger partial charge in [0.2, 0.25) is 5.91 Å². The van der Waals surface area contributed by atoms with Crippen LogP contribution < -0.4 is 5.73 Å². The van der Waals surface area contributed by atoms with Crippen LogP contribution in [0.25, 0.3) is 11.1 Å². The number of piperidine rings is 1. The third kappa shape index (κ3) is 4.12. The molecule has 0 radical (unpaired) electrons. The zero-order chi connectivity index (χ0) is 21.1. The van der Waals surface area contributed by atoms with E-state index in [1.165, 1.54) is 11.1 Å². The number of aromatic nitrogens is 2. The largest absolute Gasteiger partial charge is 0.366 e. The highest BCUT2D eigenvalue weighted by molar-refractivity contribution is 5.92. The Hall–Kier alpha value is -3.05. The lowest BCUT2D eigenvalue weighted by atomic mass is 9.68. The van der Waals surface area contributed by atoms with Crippen LogP contribution in [0.2, 0.25) is 0 Å². The zero-order valence-electron chi connectivity index (χ0n) is 17.6. The predicted octanol–water partition coefficient (Wildman–Crippen LogP) is 4.04. The van der Waals surface area contributed by atoms with Crippen molar-refractivity contribution >= 4 is 5.91 Å². The predicted molar refractivity (Wildman–Crippen MR) is 119 cm³/mol. The minimum absolute atomic E-state index is 0.0408. The van der Waals surface area contributed by atoms with Crippen molar-refractivity contribution in [2.24, 2.45) is 11.7 Å². The van der Waals surface area contributed by atoms with Gasteiger partial charge in [-0.1, -0.05) is 50.2 Å². The van der Waals surface area contributed by atoms with E-state index < -0.39 is 0 Å². The number of rotatable bonds is 5. The van der Waals surface area contributed by atoms with Crippen LogP contribution in [0.15, 0.2) is 67.3 Å². The van der Waals surface area contributed by atoms with Gasteiger partial charge < -0.3 is 5.73 Å². The van der Waals surface area contributed by atoms with Gasteiger partial charge in [-0.05, 0) is 53.1 Å². The lowest BCUT2D eigenvalue weighted by molar-refractivity contribution is 0.0996. The summed E-state index contributed by atoms with van der Waals surface area (Å²) in [7, 11) is 0. The Balaban J connectivity index is 1.43. The Morgan fingerprint density at radius 2 is 1.87 bits per heavy atom. The molecule has 2 aromatic carbocycles. The fraction of sp³-hybridized carbons (Fsp3) is 0.320. The molecular weight excluding hydrogens is 372 g/mol. The molecule has 0 aliphatic carbocycles. The van der Waals surface area contributed by atoms with Crippen molar-refractivity contribution in [3.63, 3.8) is 0 Å². The van der Waals surface area contributed by atoms with Gasteiger partial charge in [0.05, 0.1) is 0 Å². The molecule has 154 valence electrons. The van der Waals surface area contributed by atoms with Crippen molar-refractivity contribution in [1.29, 1.82) is 0 Å². The van der Waals surface area contributed by atoms with Gasteiger partial charge in [-0.15, -0.1) is 0 Å². The van der Waals surface area contributed by atoms with Crippen LogP contribution in [0, 0.1) is 5.92 Å². The van der Waals surface area contributed by atoms with E-state index in [2.05, 4.69) is 59.0 Å². The van der Waals surface area contributed by atoms with Gasteiger partial charge in [-0.3, -0.25) is 9.69 Å². The smallest absolute Gasteiger partial charge is 0.248 e. The average Bonchev–Trinajstić information content (AvgIpc) is 2.77. The first kappa shape index (κ1) is 20.2. The lowest BCUT2D eigenvalue weighted by Gasteiger charge is -2.45. The molecule has 5 heteroatoms. The second kappa shape index (κ2) is 8.36. The monoisotopic (exact) mass is 400 g/mol. The van der Waals surface area contributed by atoms with E-state index in [0.29, 0.717) is 11.5 Å². The third-order valence-electron chi connectivity index (χ3n) is 6.63. The van der Waals surface area contributed by atoms with Crippen molar-refractivity contribution in [1.82, 2.24) is 14.9 Å². The molecule has 0 saturated carbocycles. The summed E-state index contributed by atoms with van der Waals surface area (Å²) >= 11 is 0. The topological polar surface area (TPSA) is 72.1 Å². The molecule has 1 aliphatic heterocycles. The van der Waals surface area contributed by atoms with Crippen molar-refractivity contribution in [2.45, 2.75) is 32.2 Å². The Labute approximate surface area is 178 Å². The Morgan fingerprint density at radius 1 is 1.13 bits per heavy atom. The van der Waals surface area contributed by atoms with Crippen LogP contribution in [0.1, 0.15) is 41.8 Å². The standard InChI is InChI=1S/C25H28N4O/c1-18-15-29(11-10-25(18,2)23-5-3-4-21(12-23)24(26)30)16-19-6-8-20(9-7-19)22-13-27-17-28-14-22/h3-9,12-14,17-18H,10-11,15-16H2,1-2H3,(H2,26,30)/t18-,25+/m0/s1. The normalized spacial score (nSPS) is 22.0. The molecule has 1 amide bonds. The quantitative estimate of drug-likeness (QED) is 0.701. The molecule has 0 bridgehead atoms. The van der Waals surface area contributed by atoms with Crippen LogP contribution in [0.5, 0.6) is 0 Å². The van der Waals surface area contributed by atoms with Gasteiger partial charge in [0.25, 0.3) is 0 Å². The van der Waals surface area contributed by atoms with E-state index in [-0.39, 0.29) is 11.3 Å². The molecule has 0 spiro atoms. The summed E-state index contributed by atoms with van der Waals surface area (Å²) in [6.45, 7) is 7.60. The third-order valence-corrected chi connectivity index (χ3v) is 6.63. The van der Waals surface area contributed by atoms with Gasteiger partial charge in [0, 0.05) is 36.6 Å². The Morgan fingerprint density at radius 3 is 2.53 bits per heavy atom. The van der Waals surface area contributed by atoms with Gasteiger partial charge in [0.1, 0.15) is 6.33 Å². The number of nitrogens with two attached hydrogens (primary N) is 1. The van der Waals surface area contributed by atoms with Crippen LogP contribution in [0.3, 0.4) is 0 Å². The van der Waals surface area contributed by atoms with E-state index >= 15 is 0 Å². The summed E-state index contributed by atoms with van der Waals surface area (Å²) in [6.07, 6.45) is 6.27. The molecule has 1 fully saturated rings. The first-order chi connectivity index (χ1) is 14.5. The lowest BCUT2D eigenvalue weighted by Crippen LogP contribution is -2.47. The highest BCUT2D eigenvalue weighted by Gasteiger charge is 2.38. The average molecular weight is 401 g/mol. The van der Waals surface area contributed by atoms with E-state index in [1.807, 2.05) is 24.5 Å². The zero-order valence-corrected chi connectivity index (χ0v) is 17.6. The van der Waals surface area contributed by atoms with Crippen LogP contribution in [-0.2, 0) is 12.0 Å². The Bertz CT molecular complexity index is 1020. The Kier molecular flexibility index (Phi) is 5.64. The van der Waals surface area contributed by atoms with E-state index in [4.69, 9.17) is 5.73 Å². The second-order valence-electron chi connectivity index (χ2n) is 8.57. The molecule has 5 nitrogen and oxygen atoms in total. The minimum atomic E-state index is -0.365. The first-order valence-corrected chi connectivity index (χ1v) is 10.4. The van der Waals surface area contributed by atoms with Gasteiger partial charge in [0.15, 0.2) is 0 Å². The van der Waals surface area contributed by atoms with Gasteiger partial charge in [-0.25, -0.2) is 9.97 Å². The van der Waals surface area contributed by atoms with E-state index in [1.54, 1.807) is 12.4 Å². The molecule has 0 unspecified atom stereocenters. The summed E-state index contributed by atoms with van der Waals surface area (Å²) in [4.78, 5) is 22.3. The molecule has 30 heavy (non-hydrogen) atoms. The number of nitrogens with zero attached hydrogens (tertiary/aromatic N) is 3. The maximum Gasteiger partial charge on any atom is 0.248 e. The molecule has 2 atom stereocenters. The number of hydrogen-bond donors (Lipinski definition) is 1. The molecular formula is C25H28N4O. The number of hydrogen-bond acceptors (Lipinski definition) is 4. The molecule has 4 rings (SSSR count). The fourth-order valence-electron chi connectivity index (χ4n) is 4.43. The SMILES string of the molecule is C[C@H]1CN(Cc2ccc(-c3cncnc3)cc2)CC[C@@]1(C)c1cccc(C(N)=O)c1. The van der Waals surface area contributed by atoms with Crippen LogP contribution >= 0.6 is 0 Å². The maximum atomic E-state index is 11.6. The number of carbonyl (C=O) groups is 1. The number of carbonyl (C=O) groups excluding carboxylic acids is 1. The second-order valence-corrected chi connectivity index (χ2v) is 8.57. The molecule has 1 aliphatic rings. The highest BCUT2D eigenvalue weighted by atomic mass is 16.1. The molecule has 2 heterocycles. The fourth-order valence-corrected chi connectivity index (χ4v) is 4.43. The number of likely N-dealkylation sites (tertiary alicyclic amines) is 1. The van der Waals surface area contributed by atoms with Crippen molar-refractivity contribution in [3.05, 3.63) is 83.9 Å². The highest BCUT2D eigenvalue weighted by Crippen LogP contribution is 2.40. The van der Waals surface area contributed by atoms with Crippen LogP contribution in [-0.4, -0.2) is 33.9 Å². The molecule has 3 aromatic rings. The summed E-state index contributed by atoms with van der Waals surface area (Å²) in [5.41, 5.74) is 10.8. The summed E-state index contributed by atoms with van der Waals surface area (Å²) in [6, 6.07) is 16.5. The van der Waals surface area contributed by atoms with Crippen molar-refractivity contribution in [3.8, 4) is 11.1 Å².